The monoisotopic (exact) mass is 299 g/mol. The Bertz CT molecular complexity index is 771. The molecule has 0 saturated carbocycles. The fraction of sp³-hybridized carbons (Fsp3) is 0. The van der Waals surface area contributed by atoms with E-state index in [1.165, 1.54) is 18.2 Å². The lowest BCUT2D eigenvalue weighted by atomic mass is 10.1. The highest BCUT2D eigenvalue weighted by atomic mass is 16.6. The Labute approximate surface area is 122 Å². The van der Waals surface area contributed by atoms with Crippen LogP contribution in [0.3, 0.4) is 0 Å². The number of allylic oxidation sites excluding steroid dienone is 2. The Hall–Kier alpha value is -4.10. The second-order valence-electron chi connectivity index (χ2n) is 3.66. The van der Waals surface area contributed by atoms with Crippen molar-refractivity contribution in [2.24, 2.45) is 0 Å². The van der Waals surface area contributed by atoms with E-state index in [0.29, 0.717) is 0 Å². The highest BCUT2D eigenvalue weighted by Crippen LogP contribution is 2.33. The van der Waals surface area contributed by atoms with Gasteiger partial charge in [0.25, 0.3) is 0 Å². The van der Waals surface area contributed by atoms with E-state index in [1.54, 1.807) is 0 Å². The Morgan fingerprint density at radius 3 is 2.23 bits per heavy atom. The SMILES string of the molecule is N#CC(C#N)=C(C#N)Nc1cc(C(=O)O)c(O)c([N+](=O)[O-])c1. The van der Waals surface area contributed by atoms with Crippen LogP contribution in [0.4, 0.5) is 11.4 Å². The van der Waals surface area contributed by atoms with Gasteiger partial charge in [-0.1, -0.05) is 0 Å². The van der Waals surface area contributed by atoms with Crippen LogP contribution in [-0.4, -0.2) is 21.1 Å². The number of nitro groups is 1. The number of rotatable bonds is 4. The number of nitrogens with one attached hydrogen (secondary N) is 1. The highest BCUT2D eigenvalue weighted by molar-refractivity contribution is 5.94. The smallest absolute Gasteiger partial charge is 0.339 e. The van der Waals surface area contributed by atoms with Crippen molar-refractivity contribution in [2.75, 3.05) is 5.32 Å². The lowest BCUT2D eigenvalue weighted by molar-refractivity contribution is -0.385. The van der Waals surface area contributed by atoms with Crippen LogP contribution in [-0.2, 0) is 0 Å². The molecule has 1 aromatic rings. The first-order valence-corrected chi connectivity index (χ1v) is 5.32. The van der Waals surface area contributed by atoms with Crippen LogP contribution in [0.1, 0.15) is 10.4 Å². The molecule has 0 aliphatic carbocycles. The standard InChI is InChI=1S/C12H5N5O5/c13-3-6(4-14)9(5-15)16-7-1-8(12(19)20)11(18)10(2-7)17(21)22/h1-2,16,18H,(H,19,20). The Kier molecular flexibility index (Phi) is 4.62. The predicted molar refractivity (Wildman–Crippen MR) is 69.2 cm³/mol. The number of aromatic hydroxyl groups is 1. The van der Waals surface area contributed by atoms with Crippen LogP contribution in [0.2, 0.25) is 0 Å². The van der Waals surface area contributed by atoms with E-state index >= 15 is 0 Å². The van der Waals surface area contributed by atoms with Crippen molar-refractivity contribution in [3.63, 3.8) is 0 Å². The number of hydrogen-bond donors (Lipinski definition) is 3. The zero-order chi connectivity index (χ0) is 16.9. The molecule has 1 aromatic carbocycles. The Balaban J connectivity index is 3.52. The quantitative estimate of drug-likeness (QED) is 0.318. The van der Waals surface area contributed by atoms with E-state index in [1.807, 2.05) is 0 Å². The number of carbonyl (C=O) groups is 1. The van der Waals surface area contributed by atoms with E-state index in [-0.39, 0.29) is 5.69 Å². The van der Waals surface area contributed by atoms with Gasteiger partial charge in [-0.15, -0.1) is 0 Å². The number of carboxylic acids is 1. The molecule has 10 nitrogen and oxygen atoms in total. The van der Waals surface area contributed by atoms with E-state index in [2.05, 4.69) is 5.32 Å². The molecule has 0 atom stereocenters. The van der Waals surface area contributed by atoms with E-state index in [9.17, 15) is 20.0 Å². The van der Waals surface area contributed by atoms with Crippen LogP contribution in [0.25, 0.3) is 0 Å². The summed E-state index contributed by atoms with van der Waals surface area (Å²) in [6.07, 6.45) is 0. The average molecular weight is 299 g/mol. The molecule has 0 spiro atoms. The minimum atomic E-state index is -1.63. The first-order valence-electron chi connectivity index (χ1n) is 5.32. The fourth-order valence-electron chi connectivity index (χ4n) is 1.42. The van der Waals surface area contributed by atoms with E-state index in [0.717, 1.165) is 12.1 Å². The molecule has 0 unspecified atom stereocenters. The molecule has 22 heavy (non-hydrogen) atoms. The molecule has 108 valence electrons. The van der Waals surface area contributed by atoms with Crippen molar-refractivity contribution in [3.05, 3.63) is 39.1 Å². The average Bonchev–Trinajstić information content (AvgIpc) is 2.47. The molecule has 0 heterocycles. The van der Waals surface area contributed by atoms with E-state index < -0.39 is 39.2 Å². The van der Waals surface area contributed by atoms with Crippen LogP contribution in [0, 0.1) is 44.1 Å². The summed E-state index contributed by atoms with van der Waals surface area (Å²) >= 11 is 0. The van der Waals surface area contributed by atoms with Gasteiger partial charge in [0.05, 0.1) is 4.92 Å². The molecule has 10 heteroatoms. The number of anilines is 1. The summed E-state index contributed by atoms with van der Waals surface area (Å²) in [5.74, 6) is -2.68. The van der Waals surface area contributed by atoms with E-state index in [4.69, 9.17) is 20.9 Å². The zero-order valence-corrected chi connectivity index (χ0v) is 10.6. The summed E-state index contributed by atoms with van der Waals surface area (Å²) < 4.78 is 0. The maximum absolute atomic E-state index is 11.0. The number of nitrogens with zero attached hydrogens (tertiary/aromatic N) is 4. The topological polar surface area (TPSA) is 184 Å². The summed E-state index contributed by atoms with van der Waals surface area (Å²) in [5, 5.41) is 57.7. The first-order chi connectivity index (χ1) is 10.3. The molecular formula is C12H5N5O5. The second-order valence-corrected chi connectivity index (χ2v) is 3.66. The molecular weight excluding hydrogens is 294 g/mol. The number of aromatic carboxylic acids is 1. The Morgan fingerprint density at radius 1 is 1.23 bits per heavy atom. The maximum Gasteiger partial charge on any atom is 0.339 e. The van der Waals surface area contributed by atoms with Crippen LogP contribution in [0.5, 0.6) is 5.75 Å². The normalized spacial score (nSPS) is 8.77. The molecule has 0 radical (unpaired) electrons. The van der Waals surface area contributed by atoms with Gasteiger partial charge in [0.15, 0.2) is 5.57 Å². The molecule has 3 N–H and O–H groups in total. The minimum Gasteiger partial charge on any atom is -0.501 e. The summed E-state index contributed by atoms with van der Waals surface area (Å²) in [6.45, 7) is 0. The van der Waals surface area contributed by atoms with Gasteiger partial charge in [0, 0.05) is 11.8 Å². The van der Waals surface area contributed by atoms with Crippen molar-refractivity contribution in [1.82, 2.24) is 0 Å². The largest absolute Gasteiger partial charge is 0.501 e. The number of benzene rings is 1. The van der Waals surface area contributed by atoms with Crippen LogP contribution >= 0.6 is 0 Å². The molecule has 0 aliphatic rings. The highest BCUT2D eigenvalue weighted by Gasteiger charge is 2.23. The number of phenols is 1. The summed E-state index contributed by atoms with van der Waals surface area (Å²) in [7, 11) is 0. The third kappa shape index (κ3) is 3.07. The third-order valence-corrected chi connectivity index (χ3v) is 2.37. The molecule has 0 saturated heterocycles. The van der Waals surface area contributed by atoms with Crippen LogP contribution in [0.15, 0.2) is 23.4 Å². The first kappa shape index (κ1) is 16.0. The second kappa shape index (κ2) is 6.37. The van der Waals surface area contributed by atoms with Crippen molar-refractivity contribution in [1.29, 1.82) is 15.8 Å². The molecule has 0 aromatic heterocycles. The van der Waals surface area contributed by atoms with Gasteiger partial charge in [0.1, 0.15) is 29.5 Å². The van der Waals surface area contributed by atoms with Gasteiger partial charge >= 0.3 is 11.7 Å². The van der Waals surface area contributed by atoms with Gasteiger partial charge in [-0.25, -0.2) is 4.79 Å². The fourth-order valence-corrected chi connectivity index (χ4v) is 1.42. The summed E-state index contributed by atoms with van der Waals surface area (Å²) in [4.78, 5) is 20.7. The minimum absolute atomic E-state index is 0.249. The molecule has 0 amide bonds. The van der Waals surface area contributed by atoms with Gasteiger partial charge in [-0.2, -0.15) is 15.8 Å². The summed E-state index contributed by atoms with van der Waals surface area (Å²) in [6, 6.07) is 5.99. The zero-order valence-electron chi connectivity index (χ0n) is 10.6. The van der Waals surface area contributed by atoms with Gasteiger partial charge in [-0.3, -0.25) is 10.1 Å². The van der Waals surface area contributed by atoms with Crippen molar-refractivity contribution < 1.29 is 19.9 Å². The number of hydrogen-bond acceptors (Lipinski definition) is 8. The van der Waals surface area contributed by atoms with Gasteiger partial charge in [-0.05, 0) is 6.07 Å². The van der Waals surface area contributed by atoms with Crippen molar-refractivity contribution >= 4 is 17.3 Å². The predicted octanol–water partition coefficient (Wildman–Crippen LogP) is 1.24. The maximum atomic E-state index is 11.0. The van der Waals surface area contributed by atoms with Crippen LogP contribution < -0.4 is 5.32 Å². The number of carboxylic acid groups (broad SMARTS) is 1. The molecule has 0 bridgehead atoms. The Morgan fingerprint density at radius 2 is 1.82 bits per heavy atom. The lowest BCUT2D eigenvalue weighted by Gasteiger charge is -2.07. The van der Waals surface area contributed by atoms with Gasteiger partial charge < -0.3 is 15.5 Å². The lowest BCUT2D eigenvalue weighted by Crippen LogP contribution is -2.05. The number of nitro benzene ring substituents is 1. The molecule has 0 aliphatic heterocycles. The molecule has 1 rings (SSSR count). The summed E-state index contributed by atoms with van der Waals surface area (Å²) in [5.41, 5.74) is -3.03. The van der Waals surface area contributed by atoms with Crippen molar-refractivity contribution in [3.8, 4) is 24.0 Å². The van der Waals surface area contributed by atoms with Crippen molar-refractivity contribution in [2.45, 2.75) is 0 Å². The molecule has 0 fully saturated rings. The van der Waals surface area contributed by atoms with Gasteiger partial charge in [0.2, 0.25) is 5.75 Å². The number of nitriles is 3. The third-order valence-electron chi connectivity index (χ3n) is 2.37.